The number of hydrogen-bond donors (Lipinski definition) is 0. The quantitative estimate of drug-likeness (QED) is 0.748. The van der Waals surface area contributed by atoms with E-state index in [1.165, 1.54) is 21.3 Å². The molecule has 0 radical (unpaired) electrons. The highest BCUT2D eigenvalue weighted by molar-refractivity contribution is 6.34. The van der Waals surface area contributed by atoms with Crippen molar-refractivity contribution in [3.8, 4) is 17.5 Å². The highest BCUT2D eigenvalue weighted by Crippen LogP contribution is 2.28. The van der Waals surface area contributed by atoms with E-state index in [2.05, 4.69) is 9.97 Å². The SMILES string of the molecule is COC(=O)c1c(Cl)cccc1OCc1nc(OC)cc(OC)n1. The molecule has 0 atom stereocenters. The summed E-state index contributed by atoms with van der Waals surface area (Å²) in [5, 5.41) is 0.235. The number of halogens is 1. The van der Waals surface area contributed by atoms with Crippen molar-refractivity contribution < 1.29 is 23.7 Å². The fraction of sp³-hybridized carbons (Fsp3) is 0.267. The number of rotatable bonds is 6. The zero-order chi connectivity index (χ0) is 16.8. The second-order valence-electron chi connectivity index (χ2n) is 4.26. The third-order valence-electron chi connectivity index (χ3n) is 2.87. The van der Waals surface area contributed by atoms with Gasteiger partial charge in [-0.3, -0.25) is 0 Å². The molecule has 0 fully saturated rings. The van der Waals surface area contributed by atoms with Gasteiger partial charge in [0.2, 0.25) is 11.8 Å². The van der Waals surface area contributed by atoms with Crippen LogP contribution in [0.4, 0.5) is 0 Å². The third kappa shape index (κ3) is 4.01. The lowest BCUT2D eigenvalue weighted by Gasteiger charge is -2.11. The van der Waals surface area contributed by atoms with E-state index in [1.807, 2.05) is 0 Å². The average molecular weight is 339 g/mol. The molecule has 0 spiro atoms. The van der Waals surface area contributed by atoms with Gasteiger partial charge >= 0.3 is 5.97 Å². The van der Waals surface area contributed by atoms with Crippen LogP contribution in [0.15, 0.2) is 24.3 Å². The number of hydrogen-bond acceptors (Lipinski definition) is 7. The first-order chi connectivity index (χ1) is 11.1. The molecule has 23 heavy (non-hydrogen) atoms. The van der Waals surface area contributed by atoms with Crippen LogP contribution in [0.2, 0.25) is 5.02 Å². The predicted octanol–water partition coefficient (Wildman–Crippen LogP) is 2.51. The summed E-state index contributed by atoms with van der Waals surface area (Å²) in [5.74, 6) is 0.700. The molecule has 2 rings (SSSR count). The van der Waals surface area contributed by atoms with Crippen LogP contribution in [0.25, 0.3) is 0 Å². The number of methoxy groups -OCH3 is 3. The Hall–Kier alpha value is -2.54. The number of carbonyl (C=O) groups excluding carboxylic acids is 1. The van der Waals surface area contributed by atoms with Gasteiger partial charge in [0.05, 0.1) is 32.4 Å². The summed E-state index contributed by atoms with van der Waals surface area (Å²) < 4.78 is 20.4. The Morgan fingerprint density at radius 3 is 2.35 bits per heavy atom. The molecule has 1 heterocycles. The molecule has 1 aromatic heterocycles. The standard InChI is InChI=1S/C15H15ClN2O5/c1-20-12-7-13(21-2)18-11(17-12)8-23-10-6-4-5-9(16)14(10)15(19)22-3/h4-7H,8H2,1-3H3. The van der Waals surface area contributed by atoms with Crippen molar-refractivity contribution in [3.05, 3.63) is 40.7 Å². The Bertz CT molecular complexity index is 686. The van der Waals surface area contributed by atoms with Crippen LogP contribution >= 0.6 is 11.6 Å². The van der Waals surface area contributed by atoms with Crippen molar-refractivity contribution in [2.45, 2.75) is 6.61 Å². The third-order valence-corrected chi connectivity index (χ3v) is 3.18. The largest absolute Gasteiger partial charge is 0.485 e. The number of nitrogens with zero attached hydrogens (tertiary/aromatic N) is 2. The molecule has 0 saturated heterocycles. The van der Waals surface area contributed by atoms with Gasteiger partial charge in [-0.15, -0.1) is 0 Å². The minimum Gasteiger partial charge on any atom is -0.485 e. The van der Waals surface area contributed by atoms with Crippen LogP contribution in [0.5, 0.6) is 17.5 Å². The van der Waals surface area contributed by atoms with Gasteiger partial charge < -0.3 is 18.9 Å². The maximum atomic E-state index is 11.8. The molecule has 122 valence electrons. The summed E-state index contributed by atoms with van der Waals surface area (Å²) in [4.78, 5) is 20.1. The van der Waals surface area contributed by atoms with Gasteiger partial charge in [-0.05, 0) is 12.1 Å². The van der Waals surface area contributed by atoms with E-state index < -0.39 is 5.97 Å². The Morgan fingerprint density at radius 1 is 1.13 bits per heavy atom. The first kappa shape index (κ1) is 16.8. The molecule has 0 N–H and O–H groups in total. The predicted molar refractivity (Wildman–Crippen MR) is 82.3 cm³/mol. The van der Waals surface area contributed by atoms with E-state index in [4.69, 9.17) is 30.5 Å². The monoisotopic (exact) mass is 338 g/mol. The van der Waals surface area contributed by atoms with E-state index in [0.717, 1.165) is 0 Å². The smallest absolute Gasteiger partial charge is 0.343 e. The van der Waals surface area contributed by atoms with Gasteiger partial charge in [-0.2, -0.15) is 9.97 Å². The Balaban J connectivity index is 2.25. The lowest BCUT2D eigenvalue weighted by molar-refractivity contribution is 0.0595. The maximum Gasteiger partial charge on any atom is 0.343 e. The van der Waals surface area contributed by atoms with Gasteiger partial charge in [0, 0.05) is 0 Å². The van der Waals surface area contributed by atoms with Crippen molar-refractivity contribution in [2.75, 3.05) is 21.3 Å². The number of ether oxygens (including phenoxy) is 4. The second-order valence-corrected chi connectivity index (χ2v) is 4.67. The van der Waals surface area contributed by atoms with Crippen LogP contribution in [-0.4, -0.2) is 37.3 Å². The molecule has 0 amide bonds. The summed E-state index contributed by atoms with van der Waals surface area (Å²) in [6, 6.07) is 6.39. The van der Waals surface area contributed by atoms with Crippen molar-refractivity contribution in [3.63, 3.8) is 0 Å². The molecule has 0 unspecified atom stereocenters. The van der Waals surface area contributed by atoms with Crippen LogP contribution in [0.3, 0.4) is 0 Å². The minimum atomic E-state index is -0.588. The normalized spacial score (nSPS) is 10.1. The first-order valence-electron chi connectivity index (χ1n) is 6.54. The summed E-state index contributed by atoms with van der Waals surface area (Å²) >= 11 is 6.03. The summed E-state index contributed by atoms with van der Waals surface area (Å²) in [7, 11) is 4.24. The van der Waals surface area contributed by atoms with Crippen LogP contribution < -0.4 is 14.2 Å². The van der Waals surface area contributed by atoms with Crippen LogP contribution in [0, 0.1) is 0 Å². The van der Waals surface area contributed by atoms with E-state index in [1.54, 1.807) is 24.3 Å². The van der Waals surface area contributed by atoms with Crippen molar-refractivity contribution >= 4 is 17.6 Å². The highest BCUT2D eigenvalue weighted by atomic mass is 35.5. The molecule has 0 aliphatic carbocycles. The Morgan fingerprint density at radius 2 is 1.78 bits per heavy atom. The molecular weight excluding hydrogens is 324 g/mol. The van der Waals surface area contributed by atoms with Gasteiger partial charge in [0.25, 0.3) is 0 Å². The second kappa shape index (κ2) is 7.64. The molecular formula is C15H15ClN2O5. The zero-order valence-electron chi connectivity index (χ0n) is 12.8. The number of esters is 1. The topological polar surface area (TPSA) is 79.8 Å². The lowest BCUT2D eigenvalue weighted by atomic mass is 10.2. The fourth-order valence-corrected chi connectivity index (χ4v) is 2.03. The van der Waals surface area contributed by atoms with E-state index in [9.17, 15) is 4.79 Å². The highest BCUT2D eigenvalue weighted by Gasteiger charge is 2.18. The molecule has 0 bridgehead atoms. The first-order valence-corrected chi connectivity index (χ1v) is 6.92. The summed E-state index contributed by atoms with van der Waals surface area (Å²) in [5.41, 5.74) is 0.145. The average Bonchev–Trinajstić information content (AvgIpc) is 2.58. The van der Waals surface area contributed by atoms with E-state index >= 15 is 0 Å². The lowest BCUT2D eigenvalue weighted by Crippen LogP contribution is -2.09. The maximum absolute atomic E-state index is 11.8. The molecule has 0 aliphatic rings. The van der Waals surface area contributed by atoms with E-state index in [0.29, 0.717) is 17.6 Å². The van der Waals surface area contributed by atoms with Crippen molar-refractivity contribution in [2.24, 2.45) is 0 Å². The molecule has 1 aromatic carbocycles. The Kier molecular flexibility index (Phi) is 5.59. The van der Waals surface area contributed by atoms with Crippen LogP contribution in [-0.2, 0) is 11.3 Å². The van der Waals surface area contributed by atoms with Gasteiger partial charge in [-0.1, -0.05) is 17.7 Å². The van der Waals surface area contributed by atoms with Crippen molar-refractivity contribution in [1.29, 1.82) is 0 Å². The van der Waals surface area contributed by atoms with Gasteiger partial charge in [0.1, 0.15) is 17.9 Å². The molecule has 7 nitrogen and oxygen atoms in total. The van der Waals surface area contributed by atoms with Crippen molar-refractivity contribution in [1.82, 2.24) is 9.97 Å². The Labute approximate surface area is 138 Å². The number of benzene rings is 1. The molecule has 2 aromatic rings. The van der Waals surface area contributed by atoms with Gasteiger partial charge in [0.15, 0.2) is 5.82 Å². The van der Waals surface area contributed by atoms with E-state index in [-0.39, 0.29) is 22.9 Å². The summed E-state index contributed by atoms with van der Waals surface area (Å²) in [6.45, 7) is -0.00209. The van der Waals surface area contributed by atoms with Gasteiger partial charge in [-0.25, -0.2) is 4.79 Å². The van der Waals surface area contributed by atoms with Crippen LogP contribution in [0.1, 0.15) is 16.2 Å². The molecule has 8 heteroatoms. The number of carbonyl (C=O) groups is 1. The number of aromatic nitrogens is 2. The minimum absolute atomic E-state index is 0.00209. The fourth-order valence-electron chi connectivity index (χ4n) is 1.79. The summed E-state index contributed by atoms with van der Waals surface area (Å²) in [6.07, 6.45) is 0. The molecule has 0 saturated carbocycles. The molecule has 0 aliphatic heterocycles. The zero-order valence-corrected chi connectivity index (χ0v) is 13.6.